The number of carbonyl (C=O) groups excluding carboxylic acids is 2. The van der Waals surface area contributed by atoms with Gasteiger partial charge in [-0.15, -0.1) is 0 Å². The second-order valence-electron chi connectivity index (χ2n) is 17.1. The van der Waals surface area contributed by atoms with E-state index >= 15 is 0 Å². The van der Waals surface area contributed by atoms with E-state index in [2.05, 4.69) is 13.8 Å². The first-order valence-electron chi connectivity index (χ1n) is 24.2. The molecule has 0 bridgehead atoms. The fraction of sp³-hybridized carbons (Fsp3) is 0.519. The molecule has 8 heteroatoms. The molecule has 0 fully saturated rings. The number of rotatable bonds is 32. The van der Waals surface area contributed by atoms with Crippen molar-refractivity contribution < 1.29 is 19.1 Å². The van der Waals surface area contributed by atoms with E-state index in [1.807, 2.05) is 60.7 Å². The Morgan fingerprint density at radius 3 is 1.08 bits per heavy atom. The number of ketones is 2. The lowest BCUT2D eigenvalue weighted by atomic mass is 9.84. The van der Waals surface area contributed by atoms with E-state index in [4.69, 9.17) is 20.9 Å². The number of carbonyl (C=O) groups is 2. The Hall–Kier alpha value is -3.88. The van der Waals surface area contributed by atoms with Crippen LogP contribution in [0.5, 0.6) is 11.5 Å². The van der Waals surface area contributed by atoms with Crippen molar-refractivity contribution in [3.05, 3.63) is 95.1 Å². The van der Waals surface area contributed by atoms with Crippen LogP contribution >= 0.6 is 23.5 Å². The van der Waals surface area contributed by atoms with Crippen LogP contribution in [0.4, 0.5) is 11.4 Å². The lowest BCUT2D eigenvalue weighted by Crippen LogP contribution is -2.22. The number of ether oxygens (including phenoxy) is 2. The lowest BCUT2D eigenvalue weighted by molar-refractivity contribution is 0.0974. The Morgan fingerprint density at radius 1 is 0.403 bits per heavy atom. The first-order valence-corrected chi connectivity index (χ1v) is 25.8. The number of nitrogens with two attached hydrogens (primary N) is 2. The third kappa shape index (κ3) is 15.7. The van der Waals surface area contributed by atoms with Crippen LogP contribution in [-0.4, -0.2) is 24.8 Å². The Balaban J connectivity index is 1.09. The van der Waals surface area contributed by atoms with Gasteiger partial charge in [0, 0.05) is 65.3 Å². The maximum atomic E-state index is 14.5. The maximum absolute atomic E-state index is 14.5. The van der Waals surface area contributed by atoms with Gasteiger partial charge in [-0.1, -0.05) is 203 Å². The largest absolute Gasteiger partial charge is 0.494 e. The Bertz CT molecular complexity index is 1840. The first kappa shape index (κ1) is 49.1. The summed E-state index contributed by atoms with van der Waals surface area (Å²) in [7, 11) is 0. The molecule has 62 heavy (non-hydrogen) atoms. The molecule has 6 nitrogen and oxygen atoms in total. The van der Waals surface area contributed by atoms with Crippen molar-refractivity contribution in [1.82, 2.24) is 0 Å². The van der Waals surface area contributed by atoms with Crippen LogP contribution in [0.15, 0.2) is 92.4 Å². The van der Waals surface area contributed by atoms with Gasteiger partial charge in [0.25, 0.3) is 0 Å². The van der Waals surface area contributed by atoms with Crippen molar-refractivity contribution in [3.8, 4) is 11.5 Å². The topological polar surface area (TPSA) is 105 Å². The monoisotopic (exact) mass is 879 g/mol. The van der Waals surface area contributed by atoms with E-state index in [1.54, 1.807) is 12.1 Å². The zero-order chi connectivity index (χ0) is 43.8. The Morgan fingerprint density at radius 2 is 0.742 bits per heavy atom. The minimum Gasteiger partial charge on any atom is -0.494 e. The molecule has 0 aromatic heterocycles. The molecule has 0 radical (unpaired) electrons. The molecule has 5 rings (SSSR count). The summed E-state index contributed by atoms with van der Waals surface area (Å²) < 4.78 is 12.1. The third-order valence-corrected chi connectivity index (χ3v) is 14.2. The van der Waals surface area contributed by atoms with Gasteiger partial charge >= 0.3 is 0 Å². The summed E-state index contributed by atoms with van der Waals surface area (Å²) in [5, 5.41) is 0. The zero-order valence-electron chi connectivity index (χ0n) is 37.9. The molecule has 0 atom stereocenters. The summed E-state index contributed by atoms with van der Waals surface area (Å²) in [6.07, 6.45) is 31.3. The predicted molar refractivity (Wildman–Crippen MR) is 263 cm³/mol. The summed E-state index contributed by atoms with van der Waals surface area (Å²) in [4.78, 5) is 31.4. The van der Waals surface area contributed by atoms with Gasteiger partial charge in [0.15, 0.2) is 11.6 Å². The molecule has 4 N–H and O–H groups in total. The van der Waals surface area contributed by atoms with E-state index in [-0.39, 0.29) is 11.6 Å². The first-order chi connectivity index (χ1) is 30.4. The van der Waals surface area contributed by atoms with Crippen LogP contribution in [0.25, 0.3) is 0 Å². The fourth-order valence-electron chi connectivity index (χ4n) is 8.27. The van der Waals surface area contributed by atoms with E-state index in [1.165, 1.54) is 165 Å². The molecule has 1 aliphatic carbocycles. The quantitative estimate of drug-likeness (QED) is 0.0325. The molecule has 0 saturated carbocycles. The van der Waals surface area contributed by atoms with Gasteiger partial charge in [-0.05, 0) is 49.2 Å². The minimum absolute atomic E-state index is 0.163. The van der Waals surface area contributed by atoms with E-state index in [9.17, 15) is 9.59 Å². The van der Waals surface area contributed by atoms with Crippen molar-refractivity contribution in [3.63, 3.8) is 0 Å². The molecule has 0 aliphatic heterocycles. The van der Waals surface area contributed by atoms with Gasteiger partial charge in [0.1, 0.15) is 11.5 Å². The number of benzene rings is 4. The SMILES string of the molecule is CCCCCCCCCCCCCCOc1ccc(Sc2cccc3c2C(=O)c2c(Sc4ccc(OCCCCCCCCCCCCCC)cc4N)cccc2C3=O)c(N)c1. The molecular formula is C54H74N2O4S2. The predicted octanol–water partition coefficient (Wildman–Crippen LogP) is 16.1. The molecule has 1 aliphatic rings. The van der Waals surface area contributed by atoms with Crippen molar-refractivity contribution >= 4 is 46.5 Å². The molecule has 0 amide bonds. The highest BCUT2D eigenvalue weighted by Crippen LogP contribution is 2.44. The van der Waals surface area contributed by atoms with Crippen molar-refractivity contribution in [2.24, 2.45) is 0 Å². The van der Waals surface area contributed by atoms with Crippen LogP contribution in [0.2, 0.25) is 0 Å². The zero-order valence-corrected chi connectivity index (χ0v) is 39.6. The van der Waals surface area contributed by atoms with Gasteiger partial charge in [-0.3, -0.25) is 9.59 Å². The van der Waals surface area contributed by atoms with Gasteiger partial charge < -0.3 is 20.9 Å². The van der Waals surface area contributed by atoms with E-state index in [0.29, 0.717) is 56.6 Å². The summed E-state index contributed by atoms with van der Waals surface area (Å²) >= 11 is 2.80. The Labute approximate surface area is 382 Å². The van der Waals surface area contributed by atoms with Crippen LogP contribution < -0.4 is 20.9 Å². The number of hydrogen-bond donors (Lipinski definition) is 2. The highest BCUT2D eigenvalue weighted by molar-refractivity contribution is 8.00. The molecule has 0 heterocycles. The summed E-state index contributed by atoms with van der Waals surface area (Å²) in [5.74, 6) is 1.14. The van der Waals surface area contributed by atoms with Crippen LogP contribution in [0, 0.1) is 0 Å². The number of fused-ring (bicyclic) bond motifs is 2. The third-order valence-electron chi connectivity index (χ3n) is 11.9. The standard InChI is InChI=1S/C54H74N2O4S2/c1-3-5-7-9-11-13-15-17-19-21-23-25-37-59-41-33-35-47(45(55)39-41)61-49-31-27-29-43-51(49)54(58)52-44(53(43)57)30-28-32-50(52)62-48-36-34-42(40-46(48)56)60-38-26-24-22-20-18-16-14-12-10-8-6-4-2/h27-36,39-40H,3-26,37-38,55-56H2,1-2H3. The highest BCUT2D eigenvalue weighted by atomic mass is 32.2. The molecule has 4 aromatic rings. The van der Waals surface area contributed by atoms with E-state index < -0.39 is 0 Å². The van der Waals surface area contributed by atoms with E-state index in [0.717, 1.165) is 34.1 Å². The van der Waals surface area contributed by atoms with Gasteiger partial charge in [-0.2, -0.15) is 0 Å². The number of anilines is 2. The van der Waals surface area contributed by atoms with Crippen molar-refractivity contribution in [2.45, 2.75) is 188 Å². The smallest absolute Gasteiger partial charge is 0.196 e. The second-order valence-corrected chi connectivity index (χ2v) is 19.3. The van der Waals surface area contributed by atoms with Crippen LogP contribution in [0.3, 0.4) is 0 Å². The highest BCUT2D eigenvalue weighted by Gasteiger charge is 2.34. The second kappa shape index (κ2) is 28.0. The van der Waals surface area contributed by atoms with Gasteiger partial charge in [0.05, 0.1) is 13.2 Å². The summed E-state index contributed by atoms with van der Waals surface area (Å²) in [5.41, 5.74) is 15.9. The van der Waals surface area contributed by atoms with Gasteiger partial charge in [-0.25, -0.2) is 0 Å². The normalized spacial score (nSPS) is 12.1. The number of unbranched alkanes of at least 4 members (excludes halogenated alkanes) is 22. The minimum atomic E-state index is -0.178. The molecule has 4 aromatic carbocycles. The average Bonchev–Trinajstić information content (AvgIpc) is 3.27. The fourth-order valence-corrected chi connectivity index (χ4v) is 10.3. The molecule has 0 unspecified atom stereocenters. The van der Waals surface area contributed by atoms with Gasteiger partial charge in [0.2, 0.25) is 0 Å². The number of hydrogen-bond acceptors (Lipinski definition) is 8. The maximum Gasteiger partial charge on any atom is 0.196 e. The molecular weight excluding hydrogens is 805 g/mol. The van der Waals surface area contributed by atoms with Crippen molar-refractivity contribution in [2.75, 3.05) is 24.7 Å². The average molecular weight is 879 g/mol. The summed E-state index contributed by atoms with van der Waals surface area (Å²) in [6.45, 7) is 5.86. The molecule has 336 valence electrons. The molecule has 0 saturated heterocycles. The Kier molecular flexibility index (Phi) is 22.2. The molecule has 0 spiro atoms. The van der Waals surface area contributed by atoms with Crippen molar-refractivity contribution in [1.29, 1.82) is 0 Å². The van der Waals surface area contributed by atoms with Crippen LogP contribution in [0.1, 0.15) is 200 Å². The van der Waals surface area contributed by atoms with Crippen LogP contribution in [-0.2, 0) is 0 Å². The lowest BCUT2D eigenvalue weighted by Gasteiger charge is -2.22. The number of nitrogen functional groups attached to an aromatic ring is 2. The summed E-state index contributed by atoms with van der Waals surface area (Å²) in [6, 6.07) is 22.4.